The highest BCUT2D eigenvalue weighted by Gasteiger charge is 2.60. The number of rotatable bonds is 22. The highest BCUT2D eigenvalue weighted by Crippen LogP contribution is 2.49. The monoisotopic (exact) mass is 1330 g/mol. The van der Waals surface area contributed by atoms with Gasteiger partial charge in [0.1, 0.15) is 24.4 Å². The number of sulfone groups is 2. The highest BCUT2D eigenvalue weighted by atomic mass is 32.2. The second kappa shape index (κ2) is 34.2. The maximum Gasteiger partial charge on any atom is 0.373 e. The first-order valence-electron chi connectivity index (χ1n) is 32.3. The molecule has 6 aliphatic rings. The predicted molar refractivity (Wildman–Crippen MR) is 350 cm³/mol. The predicted octanol–water partition coefficient (Wildman–Crippen LogP) is 11.2. The van der Waals surface area contributed by atoms with Gasteiger partial charge in [-0.05, 0) is 118 Å². The lowest BCUT2D eigenvalue weighted by Gasteiger charge is -2.47. The zero-order valence-electron chi connectivity index (χ0n) is 55.2. The van der Waals surface area contributed by atoms with Gasteiger partial charge in [-0.3, -0.25) is 0 Å². The van der Waals surface area contributed by atoms with Gasteiger partial charge in [0.2, 0.25) is 0 Å². The maximum absolute atomic E-state index is 13.2. The molecule has 510 valence electrons. The molecule has 2 aromatic carbocycles. The molecule has 1 spiro atoms. The molecular formula is C67H114O18S2Si2. The number of benzene rings is 2. The topological polar surface area (TPSA) is 257 Å². The van der Waals surface area contributed by atoms with Crippen LogP contribution in [0.4, 0.5) is 0 Å². The lowest BCUT2D eigenvalue weighted by molar-refractivity contribution is -0.253. The van der Waals surface area contributed by atoms with Crippen LogP contribution in [0.3, 0.4) is 0 Å². The lowest BCUT2D eigenvalue weighted by Crippen LogP contribution is -2.62. The number of hydrogen-bond acceptors (Lipinski definition) is 18. The van der Waals surface area contributed by atoms with Crippen LogP contribution >= 0.6 is 0 Å². The lowest BCUT2D eigenvalue weighted by atomic mass is 9.87. The average Bonchev–Trinajstić information content (AvgIpc) is 2.16. The van der Waals surface area contributed by atoms with Crippen molar-refractivity contribution < 1.29 is 84.1 Å². The standard InChI is InChI=1S/C29H54O5SSi2.C19H32O5.C17H24O6S.CO2.CH4/c1-13-26-25(21-35(30,31)24-17-15-14-16-18-24)22(2)27(33-26)19-23(34-37(11,12)29(6,7)8)20-32-36(9,10)28(3,4)5;1-3-12-8-9-14-16(21-12)18-17(15(22-14)13(20)4-2)23-19(24-18)10-6-5-7-11-19;1-2-6-15-14(17(20)16(23-15)9-12(19)10-18)11-24(21,22)13-7-4-3-5-8-13;2-1-3;/h14-18,22-23,25-27H,13,19-21H2,1-12H3;12-18,20H,3-11H2,1-2H3;2-5,7-8,12,14-20H,1,6,9-11H2;;1H4/t22-,23+,25-,26+,27-;12-,13+,14-,15-,16-,17?,18-;12-,14-,15-,16+,17+;;/m100../s1. The summed E-state index contributed by atoms with van der Waals surface area (Å²) in [6, 6.07) is 16.9. The Labute approximate surface area is 537 Å². The van der Waals surface area contributed by atoms with Gasteiger partial charge in [-0.1, -0.05) is 126 Å². The quantitative estimate of drug-likeness (QED) is 0.0631. The summed E-state index contributed by atoms with van der Waals surface area (Å²) in [4.78, 5) is 16.8. The second-order valence-corrected chi connectivity index (χ2v) is 41.8. The van der Waals surface area contributed by atoms with Crippen molar-refractivity contribution in [2.45, 2.75) is 297 Å². The fraction of sp³-hybridized carbons (Fsp3) is 0.776. The van der Waals surface area contributed by atoms with Gasteiger partial charge < -0.3 is 57.7 Å². The molecule has 4 N–H and O–H groups in total. The number of aliphatic hydroxyl groups is 4. The molecule has 5 aliphatic heterocycles. The molecule has 5 heterocycles. The molecule has 0 amide bonds. The minimum absolute atomic E-state index is 0. The summed E-state index contributed by atoms with van der Waals surface area (Å²) in [6.07, 6.45) is 8.61. The van der Waals surface area contributed by atoms with Crippen LogP contribution in [0, 0.1) is 17.8 Å². The molecule has 0 bridgehead atoms. The van der Waals surface area contributed by atoms with E-state index in [2.05, 4.69) is 95.1 Å². The summed E-state index contributed by atoms with van der Waals surface area (Å²) in [5, 5.41) is 39.7. The fourth-order valence-electron chi connectivity index (χ4n) is 12.4. The third-order valence-electron chi connectivity index (χ3n) is 19.8. The molecule has 0 radical (unpaired) electrons. The number of hydrogen-bond donors (Lipinski definition) is 4. The van der Waals surface area contributed by atoms with Crippen molar-refractivity contribution in [2.75, 3.05) is 24.7 Å². The maximum atomic E-state index is 13.2. The Bertz CT molecular complexity index is 2680. The van der Waals surface area contributed by atoms with Gasteiger partial charge in [0.15, 0.2) is 42.1 Å². The number of ether oxygens (including phenoxy) is 6. The molecule has 2 aromatic rings. The summed E-state index contributed by atoms with van der Waals surface area (Å²) in [6.45, 7) is 34.9. The summed E-state index contributed by atoms with van der Waals surface area (Å²) in [5.74, 6) is -1.16. The summed E-state index contributed by atoms with van der Waals surface area (Å²) in [7, 11) is -11.0. The average molecular weight is 1330 g/mol. The van der Waals surface area contributed by atoms with Crippen LogP contribution < -0.4 is 0 Å². The first-order chi connectivity index (χ1) is 41.2. The van der Waals surface area contributed by atoms with E-state index in [1.54, 1.807) is 48.5 Å². The van der Waals surface area contributed by atoms with E-state index in [1.807, 2.05) is 13.0 Å². The number of aliphatic hydroxyl groups excluding tert-OH is 4. The zero-order valence-corrected chi connectivity index (χ0v) is 58.8. The normalized spacial score (nSPS) is 30.4. The summed E-state index contributed by atoms with van der Waals surface area (Å²) >= 11 is 0. The fourth-order valence-corrected chi connectivity index (χ4v) is 18.3. The van der Waals surface area contributed by atoms with Crippen molar-refractivity contribution in [3.05, 3.63) is 73.3 Å². The van der Waals surface area contributed by atoms with Crippen molar-refractivity contribution in [2.24, 2.45) is 17.8 Å². The van der Waals surface area contributed by atoms with E-state index in [4.69, 9.17) is 52.0 Å². The third-order valence-corrected chi connectivity index (χ3v) is 32.5. The molecule has 5 saturated heterocycles. The van der Waals surface area contributed by atoms with Crippen LogP contribution in [0.25, 0.3) is 0 Å². The Balaban J connectivity index is 0.000000286. The Kier molecular flexibility index (Phi) is 30.3. The molecule has 22 heteroatoms. The van der Waals surface area contributed by atoms with E-state index in [9.17, 15) is 32.2 Å². The minimum Gasteiger partial charge on any atom is -0.414 e. The molecule has 1 saturated carbocycles. The Morgan fingerprint density at radius 2 is 1.24 bits per heavy atom. The second-order valence-electron chi connectivity index (χ2n) is 28.1. The molecule has 89 heavy (non-hydrogen) atoms. The SMILES string of the molecule is C.C=CC[C@@H]1O[C@H](C[C@H](O)CO)[C@H](O)[C@H]1CS(=O)(=O)c1ccccc1.CC[C@@H]1O[C@H](C[C@@H](CO[Si](C)(C)C(C)(C)C)O[Si](C)(C)C(C)(C)C)[C@H](C)[C@H]1CS(=O)(=O)c1ccccc1.CC[C@H]1CC[C@@H]2O[C@@H]([C@H](O)CC)C3OC4(CCCCC4)O[C@H]3[C@H]2O1.O=C=O. The van der Waals surface area contributed by atoms with Gasteiger partial charge >= 0.3 is 6.15 Å². The Morgan fingerprint density at radius 3 is 1.73 bits per heavy atom. The summed E-state index contributed by atoms with van der Waals surface area (Å²) < 4.78 is 103. The van der Waals surface area contributed by atoms with Crippen molar-refractivity contribution in [1.29, 1.82) is 0 Å². The molecule has 1 unspecified atom stereocenters. The highest BCUT2D eigenvalue weighted by molar-refractivity contribution is 7.91. The van der Waals surface area contributed by atoms with Crippen molar-refractivity contribution in [3.63, 3.8) is 0 Å². The number of carbonyl (C=O) groups excluding carboxylic acids is 2. The van der Waals surface area contributed by atoms with Crippen LogP contribution in [0.5, 0.6) is 0 Å². The van der Waals surface area contributed by atoms with Gasteiger partial charge in [-0.2, -0.15) is 9.59 Å². The molecule has 1 aliphatic carbocycles. The molecular weight excluding hydrogens is 1210 g/mol. The largest absolute Gasteiger partial charge is 0.414 e. The van der Waals surface area contributed by atoms with Crippen LogP contribution in [0.1, 0.15) is 160 Å². The third kappa shape index (κ3) is 21.0. The summed E-state index contributed by atoms with van der Waals surface area (Å²) in [5.41, 5.74) is 0. The van der Waals surface area contributed by atoms with E-state index >= 15 is 0 Å². The van der Waals surface area contributed by atoms with E-state index < -0.39 is 85.1 Å². The minimum atomic E-state index is -3.57. The van der Waals surface area contributed by atoms with Gasteiger partial charge in [0.05, 0.1) is 95.6 Å². The molecule has 6 fully saturated rings. The Hall–Kier alpha value is -2.59. The molecule has 0 aromatic heterocycles. The molecule has 18 nitrogen and oxygen atoms in total. The van der Waals surface area contributed by atoms with Gasteiger partial charge in [-0.15, -0.1) is 6.58 Å². The van der Waals surface area contributed by atoms with Crippen LogP contribution in [-0.2, 0) is 66.5 Å². The first kappa shape index (κ1) is 78.9. The van der Waals surface area contributed by atoms with Crippen LogP contribution in [0.15, 0.2) is 83.1 Å². The van der Waals surface area contributed by atoms with Crippen molar-refractivity contribution >= 4 is 42.5 Å². The van der Waals surface area contributed by atoms with E-state index in [0.29, 0.717) is 24.3 Å². The molecule has 8 rings (SSSR count). The van der Waals surface area contributed by atoms with Crippen LogP contribution in [-0.4, -0.2) is 176 Å². The van der Waals surface area contributed by atoms with Crippen molar-refractivity contribution in [3.8, 4) is 0 Å². The zero-order chi connectivity index (χ0) is 65.6. The van der Waals surface area contributed by atoms with E-state index in [-0.39, 0.29) is 113 Å². The number of fused-ring (bicyclic) bond motifs is 3. The van der Waals surface area contributed by atoms with Crippen molar-refractivity contribution in [1.82, 2.24) is 0 Å². The van der Waals surface area contributed by atoms with Crippen LogP contribution in [0.2, 0.25) is 36.3 Å². The van der Waals surface area contributed by atoms with Gasteiger partial charge in [0.25, 0.3) is 0 Å². The van der Waals surface area contributed by atoms with E-state index in [0.717, 1.165) is 57.8 Å². The van der Waals surface area contributed by atoms with Gasteiger partial charge in [-0.25, -0.2) is 16.8 Å². The Morgan fingerprint density at radius 1 is 0.708 bits per heavy atom. The van der Waals surface area contributed by atoms with Gasteiger partial charge in [0, 0.05) is 37.5 Å². The molecule has 17 atom stereocenters. The first-order valence-corrected chi connectivity index (χ1v) is 41.4. The van der Waals surface area contributed by atoms with E-state index in [1.165, 1.54) is 18.6 Å². The smallest absolute Gasteiger partial charge is 0.373 e.